The highest BCUT2D eigenvalue weighted by Gasteiger charge is 2.29. The van der Waals surface area contributed by atoms with Gasteiger partial charge < -0.3 is 4.74 Å². The number of esters is 1. The molecule has 0 aromatic heterocycles. The number of carbonyl (C=O) groups excluding carboxylic acids is 2. The maximum atomic E-state index is 13.0. The normalized spacial score (nSPS) is 20.1. The molecule has 0 bridgehead atoms. The zero-order chi connectivity index (χ0) is 19.4. The molecule has 0 heterocycles. The van der Waals surface area contributed by atoms with Crippen molar-refractivity contribution in [2.45, 2.75) is 39.7 Å². The van der Waals surface area contributed by atoms with E-state index in [0.717, 1.165) is 11.1 Å². The number of benzene rings is 2. The van der Waals surface area contributed by atoms with Crippen molar-refractivity contribution in [2.75, 3.05) is 0 Å². The lowest BCUT2D eigenvalue weighted by Crippen LogP contribution is -2.27. The molecule has 1 aliphatic carbocycles. The van der Waals surface area contributed by atoms with E-state index in [9.17, 15) is 9.59 Å². The Bertz CT molecular complexity index is 832. The Morgan fingerprint density at radius 1 is 0.852 bits per heavy atom. The van der Waals surface area contributed by atoms with Gasteiger partial charge in [0.15, 0.2) is 5.78 Å². The minimum Gasteiger partial charge on any atom is -0.462 e. The van der Waals surface area contributed by atoms with E-state index >= 15 is 0 Å². The number of carbonyl (C=O) groups is 2. The van der Waals surface area contributed by atoms with Crippen LogP contribution in [0.5, 0.6) is 0 Å². The lowest BCUT2D eigenvalue weighted by Gasteiger charge is -2.25. The van der Waals surface area contributed by atoms with Gasteiger partial charge in [0.1, 0.15) is 6.10 Å². The van der Waals surface area contributed by atoms with Gasteiger partial charge in [-0.05, 0) is 37.1 Å². The minimum absolute atomic E-state index is 0.0274. The van der Waals surface area contributed by atoms with Crippen LogP contribution >= 0.6 is 0 Å². The van der Waals surface area contributed by atoms with E-state index in [2.05, 4.69) is 0 Å². The Balaban J connectivity index is 1.95. The van der Waals surface area contributed by atoms with Gasteiger partial charge in [0.25, 0.3) is 0 Å². The maximum Gasteiger partial charge on any atom is 0.302 e. The minimum atomic E-state index is -0.321. The number of Topliss-reactive ketones (excluding diaryl/α,β-unsaturated/α-hetero) is 1. The fraction of sp³-hybridized carbons (Fsp3) is 0.250. The standard InChI is InChI=1S/C24H24O3/c1-16-4-8-19(9-5-16)12-21-14-23(27-18(3)25)15-22(24(21)26)13-20-10-6-17(2)7-11-20/h4-13,23H,14-15H2,1-3H3/b21-12+,22-13+. The van der Waals surface area contributed by atoms with Crippen molar-refractivity contribution >= 4 is 23.9 Å². The highest BCUT2D eigenvalue weighted by Crippen LogP contribution is 2.30. The van der Waals surface area contributed by atoms with Crippen molar-refractivity contribution in [3.8, 4) is 0 Å². The van der Waals surface area contributed by atoms with Crippen LogP contribution in [0.4, 0.5) is 0 Å². The summed E-state index contributed by atoms with van der Waals surface area (Å²) in [6.07, 6.45) is 4.38. The van der Waals surface area contributed by atoms with E-state index in [1.165, 1.54) is 18.1 Å². The van der Waals surface area contributed by atoms with Gasteiger partial charge in [0, 0.05) is 30.9 Å². The summed E-state index contributed by atoms with van der Waals surface area (Å²) in [5.41, 5.74) is 5.64. The van der Waals surface area contributed by atoms with E-state index in [1.807, 2.05) is 74.5 Å². The van der Waals surface area contributed by atoms with Crippen LogP contribution in [0.25, 0.3) is 12.2 Å². The van der Waals surface area contributed by atoms with E-state index in [4.69, 9.17) is 4.74 Å². The molecule has 27 heavy (non-hydrogen) atoms. The topological polar surface area (TPSA) is 43.4 Å². The van der Waals surface area contributed by atoms with Crippen LogP contribution in [0.3, 0.4) is 0 Å². The van der Waals surface area contributed by atoms with Crippen LogP contribution in [0.2, 0.25) is 0 Å². The molecule has 1 saturated carbocycles. The predicted molar refractivity (Wildman–Crippen MR) is 108 cm³/mol. The van der Waals surface area contributed by atoms with Crippen LogP contribution < -0.4 is 0 Å². The van der Waals surface area contributed by atoms with E-state index in [0.29, 0.717) is 24.0 Å². The Kier molecular flexibility index (Phi) is 5.70. The molecule has 2 aromatic carbocycles. The summed E-state index contributed by atoms with van der Waals surface area (Å²) in [6.45, 7) is 5.47. The van der Waals surface area contributed by atoms with Crippen LogP contribution in [0.15, 0.2) is 59.7 Å². The van der Waals surface area contributed by atoms with Crippen molar-refractivity contribution in [1.82, 2.24) is 0 Å². The lowest BCUT2D eigenvalue weighted by atomic mass is 9.85. The Labute approximate surface area is 160 Å². The molecule has 3 rings (SSSR count). The van der Waals surface area contributed by atoms with Crippen molar-refractivity contribution < 1.29 is 14.3 Å². The third-order valence-electron chi connectivity index (χ3n) is 4.65. The zero-order valence-corrected chi connectivity index (χ0v) is 16.0. The molecule has 1 aliphatic rings. The second-order valence-electron chi connectivity index (χ2n) is 7.13. The summed E-state index contributed by atoms with van der Waals surface area (Å²) >= 11 is 0. The third-order valence-corrected chi connectivity index (χ3v) is 4.65. The average Bonchev–Trinajstić information content (AvgIpc) is 2.62. The Hall–Kier alpha value is -2.94. The number of aryl methyl sites for hydroxylation is 2. The van der Waals surface area contributed by atoms with Gasteiger partial charge in [0.2, 0.25) is 0 Å². The van der Waals surface area contributed by atoms with Gasteiger partial charge in [-0.2, -0.15) is 0 Å². The first-order chi connectivity index (χ1) is 12.9. The quantitative estimate of drug-likeness (QED) is 0.567. The fourth-order valence-corrected chi connectivity index (χ4v) is 3.25. The molecule has 0 N–H and O–H groups in total. The van der Waals surface area contributed by atoms with Crippen LogP contribution in [-0.4, -0.2) is 17.9 Å². The second-order valence-corrected chi connectivity index (χ2v) is 7.13. The summed E-state index contributed by atoms with van der Waals surface area (Å²) in [4.78, 5) is 24.5. The second kappa shape index (κ2) is 8.17. The molecule has 3 heteroatoms. The average molecular weight is 360 g/mol. The van der Waals surface area contributed by atoms with Gasteiger partial charge in [0.05, 0.1) is 0 Å². The van der Waals surface area contributed by atoms with Gasteiger partial charge >= 0.3 is 5.97 Å². The van der Waals surface area contributed by atoms with Crippen molar-refractivity contribution in [3.05, 3.63) is 81.9 Å². The molecule has 0 unspecified atom stereocenters. The number of hydrogen-bond donors (Lipinski definition) is 0. The molecule has 1 fully saturated rings. The van der Waals surface area contributed by atoms with Crippen molar-refractivity contribution in [3.63, 3.8) is 0 Å². The van der Waals surface area contributed by atoms with Crippen LogP contribution in [-0.2, 0) is 14.3 Å². The SMILES string of the molecule is CC(=O)OC1C/C(=C\c2ccc(C)cc2)C(=O)/C(=C/c2ccc(C)cc2)C1. The molecule has 0 spiro atoms. The first-order valence-electron chi connectivity index (χ1n) is 9.17. The highest BCUT2D eigenvalue weighted by atomic mass is 16.5. The first kappa shape index (κ1) is 18.8. The monoisotopic (exact) mass is 360 g/mol. The number of ether oxygens (including phenoxy) is 1. The molecule has 138 valence electrons. The summed E-state index contributed by atoms with van der Waals surface area (Å²) in [6, 6.07) is 16.1. The van der Waals surface area contributed by atoms with E-state index < -0.39 is 0 Å². The van der Waals surface area contributed by atoms with Gasteiger partial charge in [-0.3, -0.25) is 9.59 Å². The van der Waals surface area contributed by atoms with Crippen LogP contribution in [0.1, 0.15) is 42.0 Å². The lowest BCUT2D eigenvalue weighted by molar-refractivity contribution is -0.147. The van der Waals surface area contributed by atoms with Crippen LogP contribution in [0, 0.1) is 13.8 Å². The highest BCUT2D eigenvalue weighted by molar-refractivity contribution is 6.14. The number of hydrogen-bond acceptors (Lipinski definition) is 3. The fourth-order valence-electron chi connectivity index (χ4n) is 3.25. The summed E-state index contributed by atoms with van der Waals surface area (Å²) < 4.78 is 5.44. The summed E-state index contributed by atoms with van der Waals surface area (Å²) in [5, 5.41) is 0. The summed E-state index contributed by atoms with van der Waals surface area (Å²) in [7, 11) is 0. The largest absolute Gasteiger partial charge is 0.462 e. The molecule has 2 aromatic rings. The van der Waals surface area contributed by atoms with Gasteiger partial charge in [-0.1, -0.05) is 59.7 Å². The molecule has 0 aliphatic heterocycles. The smallest absolute Gasteiger partial charge is 0.302 e. The molecule has 0 radical (unpaired) electrons. The molecule has 0 saturated heterocycles. The molecule has 3 nitrogen and oxygen atoms in total. The van der Waals surface area contributed by atoms with Gasteiger partial charge in [-0.25, -0.2) is 0 Å². The van der Waals surface area contributed by atoms with Crippen molar-refractivity contribution in [2.24, 2.45) is 0 Å². The zero-order valence-electron chi connectivity index (χ0n) is 16.0. The first-order valence-corrected chi connectivity index (χ1v) is 9.17. The predicted octanol–water partition coefficient (Wildman–Crippen LogP) is 5.07. The summed E-state index contributed by atoms with van der Waals surface area (Å²) in [5.74, 6) is -0.293. The third kappa shape index (κ3) is 5.04. The Morgan fingerprint density at radius 3 is 1.63 bits per heavy atom. The van der Waals surface area contributed by atoms with Gasteiger partial charge in [-0.15, -0.1) is 0 Å². The van der Waals surface area contributed by atoms with E-state index in [-0.39, 0.29) is 17.9 Å². The molecular formula is C24H24O3. The van der Waals surface area contributed by atoms with Crippen molar-refractivity contribution in [1.29, 1.82) is 0 Å². The van der Waals surface area contributed by atoms with E-state index in [1.54, 1.807) is 0 Å². The number of rotatable bonds is 3. The Morgan fingerprint density at radius 2 is 1.26 bits per heavy atom. The molecule has 0 atom stereocenters. The molecule has 0 amide bonds. The number of ketones is 1. The maximum absolute atomic E-state index is 13.0. The molecular weight excluding hydrogens is 336 g/mol.